The van der Waals surface area contributed by atoms with Gasteiger partial charge in [-0.15, -0.1) is 10.2 Å². The first-order valence-corrected chi connectivity index (χ1v) is 11.4. The van der Waals surface area contributed by atoms with E-state index in [4.69, 9.17) is 9.47 Å². The van der Waals surface area contributed by atoms with E-state index in [1.165, 1.54) is 11.3 Å². The van der Waals surface area contributed by atoms with E-state index in [-0.39, 0.29) is 5.91 Å². The molecule has 1 amide bonds. The number of fused-ring (bicyclic) bond motifs is 1. The molecule has 0 bridgehead atoms. The Hall–Kier alpha value is -3.46. The Kier molecular flexibility index (Phi) is 6.65. The number of anilines is 1. The van der Waals surface area contributed by atoms with Crippen molar-refractivity contribution in [2.45, 2.75) is 33.1 Å². The minimum atomic E-state index is -0.230. The molecular formula is C23H25N5O3S. The zero-order chi connectivity index (χ0) is 22.5. The number of benzene rings is 2. The average Bonchev–Trinajstić information content (AvgIpc) is 3.40. The summed E-state index contributed by atoms with van der Waals surface area (Å²) >= 11 is 1.44. The fourth-order valence-electron chi connectivity index (χ4n) is 3.16. The van der Waals surface area contributed by atoms with E-state index in [1.807, 2.05) is 37.3 Å². The smallest absolute Gasteiger partial charge is 0.255 e. The van der Waals surface area contributed by atoms with Crippen molar-refractivity contribution in [3.63, 3.8) is 0 Å². The van der Waals surface area contributed by atoms with Gasteiger partial charge in [0.2, 0.25) is 4.96 Å². The average molecular weight is 452 g/mol. The van der Waals surface area contributed by atoms with Crippen LogP contribution in [0.25, 0.3) is 15.5 Å². The van der Waals surface area contributed by atoms with Crippen molar-refractivity contribution in [1.82, 2.24) is 19.8 Å². The largest absolute Gasteiger partial charge is 0.495 e. The number of rotatable bonds is 9. The summed E-state index contributed by atoms with van der Waals surface area (Å²) in [5, 5.41) is 16.7. The van der Waals surface area contributed by atoms with Crippen LogP contribution in [0.2, 0.25) is 0 Å². The second-order valence-corrected chi connectivity index (χ2v) is 8.12. The maximum atomic E-state index is 12.8. The minimum absolute atomic E-state index is 0.230. The molecule has 0 saturated carbocycles. The van der Waals surface area contributed by atoms with Crippen molar-refractivity contribution >= 4 is 27.9 Å². The first-order valence-electron chi connectivity index (χ1n) is 10.6. The molecule has 1 N–H and O–H groups in total. The first-order chi connectivity index (χ1) is 15.6. The molecule has 0 radical (unpaired) electrons. The normalized spacial score (nSPS) is 11.0. The molecule has 2 heterocycles. The van der Waals surface area contributed by atoms with Gasteiger partial charge in [0.15, 0.2) is 5.82 Å². The highest BCUT2D eigenvalue weighted by Crippen LogP contribution is 2.33. The summed E-state index contributed by atoms with van der Waals surface area (Å²) in [6, 6.07) is 12.7. The summed E-state index contributed by atoms with van der Waals surface area (Å²) in [6.45, 7) is 4.80. The summed E-state index contributed by atoms with van der Waals surface area (Å²) in [5.41, 5.74) is 1.96. The number of ether oxygens (including phenoxy) is 2. The number of hydrogen-bond donors (Lipinski definition) is 1. The molecule has 9 heteroatoms. The van der Waals surface area contributed by atoms with Gasteiger partial charge >= 0.3 is 0 Å². The summed E-state index contributed by atoms with van der Waals surface area (Å²) in [6.07, 6.45) is 2.82. The topological polar surface area (TPSA) is 90.6 Å². The predicted octanol–water partition coefficient (Wildman–Crippen LogP) is 4.86. The molecule has 4 rings (SSSR count). The minimum Gasteiger partial charge on any atom is -0.495 e. The molecule has 4 aromatic rings. The van der Waals surface area contributed by atoms with Crippen LogP contribution in [-0.4, -0.2) is 39.4 Å². The molecule has 0 aliphatic rings. The van der Waals surface area contributed by atoms with Gasteiger partial charge in [-0.1, -0.05) is 31.6 Å². The molecule has 2 aromatic carbocycles. The number of nitrogens with zero attached hydrogens (tertiary/aromatic N) is 4. The van der Waals surface area contributed by atoms with E-state index in [9.17, 15) is 4.79 Å². The number of nitrogens with one attached hydrogen (secondary N) is 1. The second-order valence-electron chi connectivity index (χ2n) is 7.17. The van der Waals surface area contributed by atoms with Crippen LogP contribution in [0.15, 0.2) is 42.5 Å². The number of amides is 1. The number of methoxy groups -OCH3 is 1. The quantitative estimate of drug-likeness (QED) is 0.366. The van der Waals surface area contributed by atoms with E-state index in [0.717, 1.165) is 46.4 Å². The number of carbonyl (C=O) groups excluding carboxylic acids is 1. The SMILES string of the molecule is CCCCOc1ccc(C(=O)Nc2cc(-c3nn4c(CC)nnc4s3)ccc2OC)cc1. The predicted molar refractivity (Wildman–Crippen MR) is 125 cm³/mol. The molecular weight excluding hydrogens is 426 g/mol. The number of aryl methyl sites for hydroxylation is 1. The molecule has 166 valence electrons. The van der Waals surface area contributed by atoms with Crippen molar-refractivity contribution in [3.8, 4) is 22.1 Å². The number of carbonyl (C=O) groups is 1. The molecule has 0 atom stereocenters. The Morgan fingerprint density at radius 3 is 2.66 bits per heavy atom. The van der Waals surface area contributed by atoms with Crippen LogP contribution >= 0.6 is 11.3 Å². The molecule has 0 saturated heterocycles. The van der Waals surface area contributed by atoms with Crippen molar-refractivity contribution in [2.24, 2.45) is 0 Å². The van der Waals surface area contributed by atoms with Crippen LogP contribution in [0.1, 0.15) is 42.9 Å². The van der Waals surface area contributed by atoms with Gasteiger partial charge in [-0.2, -0.15) is 9.61 Å². The van der Waals surface area contributed by atoms with Crippen LogP contribution in [-0.2, 0) is 6.42 Å². The summed E-state index contributed by atoms with van der Waals surface area (Å²) < 4.78 is 12.9. The number of hydrogen-bond acceptors (Lipinski definition) is 7. The maximum absolute atomic E-state index is 12.8. The molecule has 0 spiro atoms. The van der Waals surface area contributed by atoms with Crippen LogP contribution < -0.4 is 14.8 Å². The van der Waals surface area contributed by atoms with Crippen molar-refractivity contribution < 1.29 is 14.3 Å². The number of aromatic nitrogens is 4. The Morgan fingerprint density at radius 1 is 1.12 bits per heavy atom. The lowest BCUT2D eigenvalue weighted by Gasteiger charge is -2.12. The fourth-order valence-corrected chi connectivity index (χ4v) is 4.02. The van der Waals surface area contributed by atoms with Gasteiger partial charge in [0.25, 0.3) is 5.91 Å². The zero-order valence-corrected chi connectivity index (χ0v) is 19.1. The van der Waals surface area contributed by atoms with Gasteiger partial charge < -0.3 is 14.8 Å². The summed E-state index contributed by atoms with van der Waals surface area (Å²) in [7, 11) is 1.57. The lowest BCUT2D eigenvalue weighted by molar-refractivity contribution is 0.102. The second kappa shape index (κ2) is 9.78. The Bertz CT molecular complexity index is 1220. The third kappa shape index (κ3) is 4.57. The molecule has 32 heavy (non-hydrogen) atoms. The molecule has 0 aliphatic heterocycles. The first kappa shape index (κ1) is 21.8. The monoisotopic (exact) mass is 451 g/mol. The van der Waals surface area contributed by atoms with Gasteiger partial charge in [0.05, 0.1) is 19.4 Å². The zero-order valence-electron chi connectivity index (χ0n) is 18.3. The highest BCUT2D eigenvalue weighted by Gasteiger charge is 2.15. The molecule has 8 nitrogen and oxygen atoms in total. The van der Waals surface area contributed by atoms with Crippen LogP contribution in [0.4, 0.5) is 5.69 Å². The molecule has 0 unspecified atom stereocenters. The summed E-state index contributed by atoms with van der Waals surface area (Å²) in [5.74, 6) is 1.90. The standard InChI is InChI=1S/C23H25N5O3S/c1-4-6-13-31-17-10-7-15(8-11-17)21(29)24-18-14-16(9-12-19(18)30-3)22-27-28-20(5-2)25-26-23(28)32-22/h7-12,14H,4-6,13H2,1-3H3,(H,24,29). The van der Waals surface area contributed by atoms with Crippen LogP contribution in [0.3, 0.4) is 0 Å². The maximum Gasteiger partial charge on any atom is 0.255 e. The van der Waals surface area contributed by atoms with Gasteiger partial charge in [-0.25, -0.2) is 0 Å². The van der Waals surface area contributed by atoms with Gasteiger partial charge in [0.1, 0.15) is 16.5 Å². The highest BCUT2D eigenvalue weighted by molar-refractivity contribution is 7.19. The van der Waals surface area contributed by atoms with E-state index in [1.54, 1.807) is 23.8 Å². The van der Waals surface area contributed by atoms with E-state index in [0.29, 0.717) is 23.6 Å². The molecule has 2 aromatic heterocycles. The van der Waals surface area contributed by atoms with Crippen LogP contribution in [0, 0.1) is 0 Å². The van der Waals surface area contributed by atoms with Crippen molar-refractivity contribution in [2.75, 3.05) is 19.0 Å². The Labute approximate surface area is 190 Å². The molecule has 0 fully saturated rings. The van der Waals surface area contributed by atoms with Crippen molar-refractivity contribution in [1.29, 1.82) is 0 Å². The van der Waals surface area contributed by atoms with Crippen molar-refractivity contribution in [3.05, 3.63) is 53.9 Å². The summed E-state index contributed by atoms with van der Waals surface area (Å²) in [4.78, 5) is 13.6. The Morgan fingerprint density at radius 2 is 1.94 bits per heavy atom. The molecule has 0 aliphatic carbocycles. The number of unbranched alkanes of at least 4 members (excludes halogenated alkanes) is 1. The third-order valence-corrected chi connectivity index (χ3v) is 5.90. The van der Waals surface area contributed by atoms with E-state index >= 15 is 0 Å². The highest BCUT2D eigenvalue weighted by atomic mass is 32.1. The lowest BCUT2D eigenvalue weighted by atomic mass is 10.1. The van der Waals surface area contributed by atoms with Gasteiger partial charge in [-0.05, 0) is 48.9 Å². The lowest BCUT2D eigenvalue weighted by Crippen LogP contribution is -2.12. The van der Waals surface area contributed by atoms with Gasteiger partial charge in [-0.3, -0.25) is 4.79 Å². The fraction of sp³-hybridized carbons (Fsp3) is 0.304. The Balaban J connectivity index is 1.54. The van der Waals surface area contributed by atoms with E-state index < -0.39 is 0 Å². The van der Waals surface area contributed by atoms with E-state index in [2.05, 4.69) is 27.5 Å². The van der Waals surface area contributed by atoms with Crippen LogP contribution in [0.5, 0.6) is 11.5 Å². The third-order valence-electron chi connectivity index (χ3n) is 4.95. The van der Waals surface area contributed by atoms with Gasteiger partial charge in [0, 0.05) is 17.5 Å².